The number of aromatic amines is 1. The Bertz CT molecular complexity index is 468. The molecule has 0 atom stereocenters. The zero-order valence-electron chi connectivity index (χ0n) is 5.87. The Hall–Kier alpha value is -1.60. The molecule has 58 valence electrons. The number of rotatable bonds is 0. The van der Waals surface area contributed by atoms with Crippen LogP contribution in [-0.2, 0) is 0 Å². The lowest BCUT2D eigenvalue weighted by molar-refractivity contribution is 1.17. The predicted molar refractivity (Wildman–Crippen MR) is 43.6 cm³/mol. The van der Waals surface area contributed by atoms with Crippen LogP contribution in [0.25, 0.3) is 11.0 Å². The van der Waals surface area contributed by atoms with E-state index in [2.05, 4.69) is 15.0 Å². The van der Waals surface area contributed by atoms with Crippen molar-refractivity contribution in [3.63, 3.8) is 0 Å². The zero-order chi connectivity index (χ0) is 8.55. The molecule has 0 spiro atoms. The average Bonchev–Trinajstić information content (AvgIpc) is 2.50. The Balaban J connectivity index is 2.91. The van der Waals surface area contributed by atoms with Gasteiger partial charge in [-0.25, -0.2) is 4.98 Å². The van der Waals surface area contributed by atoms with E-state index in [9.17, 15) is 0 Å². The third kappa shape index (κ3) is 0.917. The van der Waals surface area contributed by atoms with Crippen molar-refractivity contribution in [2.75, 3.05) is 0 Å². The van der Waals surface area contributed by atoms with E-state index in [-0.39, 0.29) is 5.28 Å². The van der Waals surface area contributed by atoms with E-state index in [0.29, 0.717) is 16.7 Å². The molecule has 2 aromatic rings. The van der Waals surface area contributed by atoms with Gasteiger partial charge in [-0.05, 0) is 17.7 Å². The highest BCUT2D eigenvalue weighted by Gasteiger charge is 2.05. The second-order valence-electron chi connectivity index (χ2n) is 2.19. The maximum atomic E-state index is 8.67. The lowest BCUT2D eigenvalue weighted by Gasteiger charge is -1.91. The van der Waals surface area contributed by atoms with E-state index in [0.717, 1.165) is 0 Å². The van der Waals surface area contributed by atoms with Gasteiger partial charge in [0.1, 0.15) is 11.7 Å². The van der Waals surface area contributed by atoms with E-state index in [1.165, 1.54) is 0 Å². The highest BCUT2D eigenvalue weighted by atomic mass is 35.5. The highest BCUT2D eigenvalue weighted by Crippen LogP contribution is 2.15. The van der Waals surface area contributed by atoms with Crippen LogP contribution in [-0.4, -0.2) is 15.0 Å². The molecule has 0 aliphatic carbocycles. The SMILES string of the molecule is N#Cc1nc(Cl)nc2[nH]ccc12. The quantitative estimate of drug-likeness (QED) is 0.622. The molecular formula is C7H3ClN4. The Labute approximate surface area is 72.8 Å². The second kappa shape index (κ2) is 2.47. The summed E-state index contributed by atoms with van der Waals surface area (Å²) in [5, 5.41) is 9.45. The van der Waals surface area contributed by atoms with Crippen LogP contribution in [0.4, 0.5) is 0 Å². The summed E-state index contributed by atoms with van der Waals surface area (Å²) in [6.07, 6.45) is 1.69. The van der Waals surface area contributed by atoms with Crippen molar-refractivity contribution in [1.82, 2.24) is 15.0 Å². The fourth-order valence-electron chi connectivity index (χ4n) is 0.999. The first-order chi connectivity index (χ1) is 5.81. The van der Waals surface area contributed by atoms with Gasteiger partial charge in [-0.15, -0.1) is 0 Å². The van der Waals surface area contributed by atoms with Crippen LogP contribution in [0, 0.1) is 11.3 Å². The molecule has 0 fully saturated rings. The summed E-state index contributed by atoms with van der Waals surface area (Å²) < 4.78 is 0. The minimum absolute atomic E-state index is 0.0847. The molecule has 0 aliphatic rings. The van der Waals surface area contributed by atoms with Gasteiger partial charge >= 0.3 is 0 Å². The smallest absolute Gasteiger partial charge is 0.225 e. The minimum Gasteiger partial charge on any atom is -0.346 e. The van der Waals surface area contributed by atoms with Gasteiger partial charge in [0.05, 0.1) is 5.39 Å². The van der Waals surface area contributed by atoms with Crippen molar-refractivity contribution >= 4 is 22.6 Å². The molecule has 4 nitrogen and oxygen atoms in total. The van der Waals surface area contributed by atoms with Crippen molar-refractivity contribution in [2.24, 2.45) is 0 Å². The summed E-state index contributed by atoms with van der Waals surface area (Å²) in [5.41, 5.74) is 0.887. The number of halogens is 1. The van der Waals surface area contributed by atoms with E-state index >= 15 is 0 Å². The van der Waals surface area contributed by atoms with E-state index in [4.69, 9.17) is 16.9 Å². The van der Waals surface area contributed by atoms with Crippen LogP contribution in [0.1, 0.15) is 5.69 Å². The van der Waals surface area contributed by atoms with Crippen LogP contribution in [0.5, 0.6) is 0 Å². The molecule has 0 unspecified atom stereocenters. The molecule has 0 aliphatic heterocycles. The van der Waals surface area contributed by atoms with Crippen LogP contribution >= 0.6 is 11.6 Å². The van der Waals surface area contributed by atoms with Crippen LogP contribution < -0.4 is 0 Å². The lowest BCUT2D eigenvalue weighted by atomic mass is 10.3. The molecule has 0 amide bonds. The monoisotopic (exact) mass is 178 g/mol. The Kier molecular flexibility index (Phi) is 1.45. The molecule has 0 bridgehead atoms. The van der Waals surface area contributed by atoms with Crippen LogP contribution in [0.15, 0.2) is 12.3 Å². The second-order valence-corrected chi connectivity index (χ2v) is 2.53. The maximum Gasteiger partial charge on any atom is 0.225 e. The third-order valence-corrected chi connectivity index (χ3v) is 1.66. The minimum atomic E-state index is 0.0847. The first-order valence-electron chi connectivity index (χ1n) is 3.22. The molecule has 2 rings (SSSR count). The largest absolute Gasteiger partial charge is 0.346 e. The van der Waals surface area contributed by atoms with Gasteiger partial charge in [-0.3, -0.25) is 0 Å². The summed E-state index contributed by atoms with van der Waals surface area (Å²) in [4.78, 5) is 10.5. The topological polar surface area (TPSA) is 65.4 Å². The first kappa shape index (κ1) is 7.07. The molecule has 0 radical (unpaired) electrons. The molecule has 2 heterocycles. The fourth-order valence-corrected chi connectivity index (χ4v) is 1.17. The van der Waals surface area contributed by atoms with Gasteiger partial charge in [0.15, 0.2) is 5.69 Å². The van der Waals surface area contributed by atoms with Gasteiger partial charge in [-0.1, -0.05) is 0 Å². The summed E-state index contributed by atoms with van der Waals surface area (Å²) >= 11 is 5.57. The van der Waals surface area contributed by atoms with Gasteiger partial charge in [-0.2, -0.15) is 10.2 Å². The molecule has 12 heavy (non-hydrogen) atoms. The van der Waals surface area contributed by atoms with Crippen molar-refractivity contribution < 1.29 is 0 Å². The zero-order valence-corrected chi connectivity index (χ0v) is 6.63. The van der Waals surface area contributed by atoms with E-state index in [1.807, 2.05) is 6.07 Å². The Morgan fingerprint density at radius 1 is 1.50 bits per heavy atom. The number of nitrogens with zero attached hydrogens (tertiary/aromatic N) is 3. The van der Waals surface area contributed by atoms with Crippen LogP contribution in [0.3, 0.4) is 0 Å². The van der Waals surface area contributed by atoms with Crippen molar-refractivity contribution in [1.29, 1.82) is 5.26 Å². The molecule has 2 aromatic heterocycles. The highest BCUT2D eigenvalue weighted by molar-refractivity contribution is 6.28. The molecular weight excluding hydrogens is 176 g/mol. The third-order valence-electron chi connectivity index (χ3n) is 1.49. The number of H-pyrrole nitrogens is 1. The lowest BCUT2D eigenvalue weighted by Crippen LogP contribution is -1.88. The summed E-state index contributed by atoms with van der Waals surface area (Å²) in [5.74, 6) is 0. The van der Waals surface area contributed by atoms with Crippen molar-refractivity contribution in [3.8, 4) is 6.07 Å². The van der Waals surface area contributed by atoms with Crippen molar-refractivity contribution in [3.05, 3.63) is 23.2 Å². The van der Waals surface area contributed by atoms with Gasteiger partial charge in [0.25, 0.3) is 0 Å². The van der Waals surface area contributed by atoms with E-state index in [1.54, 1.807) is 12.3 Å². The van der Waals surface area contributed by atoms with Gasteiger partial charge < -0.3 is 4.98 Å². The average molecular weight is 179 g/mol. The Morgan fingerprint density at radius 2 is 2.33 bits per heavy atom. The van der Waals surface area contributed by atoms with Gasteiger partial charge in [0, 0.05) is 6.20 Å². The number of aromatic nitrogens is 3. The maximum absolute atomic E-state index is 8.67. The molecule has 5 heteroatoms. The fraction of sp³-hybridized carbons (Fsp3) is 0. The molecule has 0 aromatic carbocycles. The van der Waals surface area contributed by atoms with Crippen molar-refractivity contribution in [2.45, 2.75) is 0 Å². The summed E-state index contributed by atoms with van der Waals surface area (Å²) in [7, 11) is 0. The Morgan fingerprint density at radius 3 is 3.08 bits per heavy atom. The summed E-state index contributed by atoms with van der Waals surface area (Å²) in [6.45, 7) is 0. The molecule has 0 saturated heterocycles. The first-order valence-corrected chi connectivity index (χ1v) is 3.60. The summed E-state index contributed by atoms with van der Waals surface area (Å²) in [6, 6.07) is 3.68. The number of hydrogen-bond donors (Lipinski definition) is 1. The number of nitrogens with one attached hydrogen (secondary N) is 1. The standard InChI is InChI=1S/C7H3ClN4/c8-7-11-5(3-9)4-1-2-10-6(4)12-7/h1-2H,(H,10,11,12). The van der Waals surface area contributed by atoms with E-state index < -0.39 is 0 Å². The normalized spacial score (nSPS) is 10.0. The predicted octanol–water partition coefficient (Wildman–Crippen LogP) is 1.48. The van der Waals surface area contributed by atoms with Gasteiger partial charge in [0.2, 0.25) is 5.28 Å². The molecule has 0 saturated carbocycles. The number of nitriles is 1. The number of hydrogen-bond acceptors (Lipinski definition) is 3. The van der Waals surface area contributed by atoms with Crippen LogP contribution in [0.2, 0.25) is 5.28 Å². The number of fused-ring (bicyclic) bond motifs is 1. The molecule has 1 N–H and O–H groups in total.